The Morgan fingerprint density at radius 2 is 2.04 bits per heavy atom. The Bertz CT molecular complexity index is 719. The number of hydrogen-bond donors (Lipinski definition) is 0. The van der Waals surface area contributed by atoms with Crippen LogP contribution in [0.3, 0.4) is 0 Å². The summed E-state index contributed by atoms with van der Waals surface area (Å²) in [6.45, 7) is 0.881. The molecule has 0 saturated carbocycles. The molecule has 1 amide bonds. The van der Waals surface area contributed by atoms with Crippen LogP contribution in [0.4, 0.5) is 5.69 Å². The molecule has 134 valence electrons. The molecule has 1 aliphatic rings. The Hall–Kier alpha value is -2.23. The topological polar surface area (TPSA) is 28.5 Å². The number of piperidine rings is 1. The molecule has 1 fully saturated rings. The molecule has 0 aliphatic carbocycles. The fraction of sp³-hybridized carbons (Fsp3) is 0.476. The second-order valence-electron chi connectivity index (χ2n) is 7.21. The number of benzene rings is 1. The van der Waals surface area contributed by atoms with Gasteiger partial charge in [0.05, 0.1) is 6.04 Å². The summed E-state index contributed by atoms with van der Waals surface area (Å²) in [7, 11) is 6.16. The van der Waals surface area contributed by atoms with Crippen molar-refractivity contribution in [1.82, 2.24) is 9.47 Å². The van der Waals surface area contributed by atoms with Crippen LogP contribution in [0.2, 0.25) is 0 Å². The van der Waals surface area contributed by atoms with E-state index in [1.807, 2.05) is 14.1 Å². The molecular weight excluding hydrogens is 310 g/mol. The minimum atomic E-state index is 0.231. The average molecular weight is 339 g/mol. The molecule has 1 saturated heterocycles. The van der Waals surface area contributed by atoms with Crippen molar-refractivity contribution in [3.63, 3.8) is 0 Å². The average Bonchev–Trinajstić information content (AvgIpc) is 3.05. The molecule has 2 heterocycles. The number of carbonyl (C=O) groups is 1. The molecular formula is C21H29N3O. The minimum Gasteiger partial charge on any atom is -0.378 e. The Morgan fingerprint density at radius 3 is 2.76 bits per heavy atom. The van der Waals surface area contributed by atoms with E-state index in [1.54, 1.807) is 0 Å². The molecule has 1 atom stereocenters. The lowest BCUT2D eigenvalue weighted by molar-refractivity contribution is -0.135. The lowest BCUT2D eigenvalue weighted by atomic mass is 9.98. The molecule has 0 radical (unpaired) electrons. The van der Waals surface area contributed by atoms with Crippen LogP contribution in [0.15, 0.2) is 42.6 Å². The van der Waals surface area contributed by atoms with Crippen LogP contribution in [-0.2, 0) is 18.3 Å². The van der Waals surface area contributed by atoms with Crippen molar-refractivity contribution in [3.05, 3.63) is 53.9 Å². The molecule has 0 bridgehead atoms. The van der Waals surface area contributed by atoms with Crippen molar-refractivity contribution in [3.8, 4) is 0 Å². The fourth-order valence-electron chi connectivity index (χ4n) is 3.74. The molecule has 3 rings (SSSR count). The van der Waals surface area contributed by atoms with E-state index in [4.69, 9.17) is 0 Å². The molecule has 4 heteroatoms. The van der Waals surface area contributed by atoms with Crippen molar-refractivity contribution in [1.29, 1.82) is 0 Å². The van der Waals surface area contributed by atoms with Crippen molar-refractivity contribution in [2.24, 2.45) is 7.05 Å². The Morgan fingerprint density at radius 1 is 1.20 bits per heavy atom. The molecule has 1 aromatic carbocycles. The Labute approximate surface area is 151 Å². The number of anilines is 1. The van der Waals surface area contributed by atoms with E-state index in [-0.39, 0.29) is 11.9 Å². The SMILES string of the molecule is CN(C)c1cccc(CCC(=O)N2CCCCC2c2cccn2C)c1. The zero-order valence-electron chi connectivity index (χ0n) is 15.6. The number of aromatic nitrogens is 1. The van der Waals surface area contributed by atoms with Crippen LogP contribution in [0.5, 0.6) is 0 Å². The van der Waals surface area contributed by atoms with Crippen molar-refractivity contribution in [2.45, 2.75) is 38.1 Å². The molecule has 1 aliphatic heterocycles. The van der Waals surface area contributed by atoms with Gasteiger partial charge in [-0.3, -0.25) is 4.79 Å². The maximum atomic E-state index is 12.9. The number of carbonyl (C=O) groups excluding carboxylic acids is 1. The van der Waals surface area contributed by atoms with E-state index in [0.29, 0.717) is 6.42 Å². The van der Waals surface area contributed by atoms with E-state index in [1.165, 1.54) is 23.4 Å². The van der Waals surface area contributed by atoms with E-state index >= 15 is 0 Å². The summed E-state index contributed by atoms with van der Waals surface area (Å²) in [5.41, 5.74) is 3.67. The first-order chi connectivity index (χ1) is 12.1. The summed E-state index contributed by atoms with van der Waals surface area (Å²) in [5.74, 6) is 0.279. The minimum absolute atomic E-state index is 0.231. The number of rotatable bonds is 5. The van der Waals surface area contributed by atoms with Gasteiger partial charge >= 0.3 is 0 Å². The van der Waals surface area contributed by atoms with Gasteiger partial charge in [-0.2, -0.15) is 0 Å². The first-order valence-electron chi connectivity index (χ1n) is 9.23. The number of amides is 1. The number of nitrogens with zero attached hydrogens (tertiary/aromatic N) is 3. The first-order valence-corrected chi connectivity index (χ1v) is 9.23. The third kappa shape index (κ3) is 4.06. The van der Waals surface area contributed by atoms with Crippen molar-refractivity contribution >= 4 is 11.6 Å². The van der Waals surface area contributed by atoms with Crippen LogP contribution in [0.1, 0.15) is 43.0 Å². The highest BCUT2D eigenvalue weighted by molar-refractivity contribution is 5.77. The lowest BCUT2D eigenvalue weighted by Crippen LogP contribution is -2.39. The third-order valence-electron chi connectivity index (χ3n) is 5.20. The highest BCUT2D eigenvalue weighted by Crippen LogP contribution is 2.31. The molecule has 0 N–H and O–H groups in total. The van der Waals surface area contributed by atoms with Gasteiger partial charge < -0.3 is 14.4 Å². The van der Waals surface area contributed by atoms with Gasteiger partial charge in [0.15, 0.2) is 0 Å². The standard InChI is InChI=1S/C21H29N3O/c1-22(2)18-9-6-8-17(16-18)12-13-21(25)24-15-5-4-10-20(24)19-11-7-14-23(19)3/h6-9,11,14,16,20H,4-5,10,12-13,15H2,1-3H3. The second-order valence-corrected chi connectivity index (χ2v) is 7.21. The van der Waals surface area contributed by atoms with E-state index in [0.717, 1.165) is 25.8 Å². The predicted molar refractivity (Wildman–Crippen MR) is 103 cm³/mol. The van der Waals surface area contributed by atoms with Gasteiger partial charge in [0.25, 0.3) is 0 Å². The summed E-state index contributed by atoms with van der Waals surface area (Å²) < 4.78 is 2.15. The first kappa shape index (κ1) is 17.6. The van der Waals surface area contributed by atoms with Crippen LogP contribution >= 0.6 is 0 Å². The summed E-state index contributed by atoms with van der Waals surface area (Å²) in [6.07, 6.45) is 6.83. The zero-order valence-corrected chi connectivity index (χ0v) is 15.6. The molecule has 25 heavy (non-hydrogen) atoms. The number of aryl methyl sites for hydroxylation is 2. The quantitative estimate of drug-likeness (QED) is 0.829. The molecule has 0 spiro atoms. The van der Waals surface area contributed by atoms with Gasteiger partial charge in [0.1, 0.15) is 0 Å². The van der Waals surface area contributed by atoms with Gasteiger partial charge in [-0.15, -0.1) is 0 Å². The van der Waals surface area contributed by atoms with Gasteiger partial charge in [0.2, 0.25) is 5.91 Å². The molecule has 4 nitrogen and oxygen atoms in total. The number of hydrogen-bond acceptors (Lipinski definition) is 2. The summed E-state index contributed by atoms with van der Waals surface area (Å²) in [6, 6.07) is 12.9. The van der Waals surface area contributed by atoms with Gasteiger partial charge in [0, 0.05) is 51.7 Å². The smallest absolute Gasteiger partial charge is 0.223 e. The Balaban J connectivity index is 1.67. The van der Waals surface area contributed by atoms with Crippen molar-refractivity contribution in [2.75, 3.05) is 25.5 Å². The zero-order chi connectivity index (χ0) is 17.8. The van der Waals surface area contributed by atoms with Crippen LogP contribution in [0, 0.1) is 0 Å². The van der Waals surface area contributed by atoms with E-state index < -0.39 is 0 Å². The highest BCUT2D eigenvalue weighted by Gasteiger charge is 2.28. The maximum Gasteiger partial charge on any atom is 0.223 e. The fourth-order valence-corrected chi connectivity index (χ4v) is 3.74. The lowest BCUT2D eigenvalue weighted by Gasteiger charge is -2.36. The highest BCUT2D eigenvalue weighted by atomic mass is 16.2. The normalized spacial score (nSPS) is 17.6. The number of likely N-dealkylation sites (tertiary alicyclic amines) is 1. The largest absolute Gasteiger partial charge is 0.378 e. The van der Waals surface area contributed by atoms with Gasteiger partial charge in [-0.1, -0.05) is 12.1 Å². The Kier molecular flexibility index (Phi) is 5.47. The predicted octanol–water partition coefficient (Wildman–Crippen LogP) is 3.78. The summed E-state index contributed by atoms with van der Waals surface area (Å²) >= 11 is 0. The second kappa shape index (κ2) is 7.77. The van der Waals surface area contributed by atoms with Crippen LogP contribution in [-0.4, -0.2) is 36.0 Å². The van der Waals surface area contributed by atoms with Crippen LogP contribution in [0.25, 0.3) is 0 Å². The van der Waals surface area contributed by atoms with E-state index in [9.17, 15) is 4.79 Å². The van der Waals surface area contributed by atoms with Crippen molar-refractivity contribution < 1.29 is 4.79 Å². The van der Waals surface area contributed by atoms with Gasteiger partial charge in [-0.05, 0) is 55.5 Å². The summed E-state index contributed by atoms with van der Waals surface area (Å²) in [4.78, 5) is 17.1. The molecule has 1 aromatic heterocycles. The molecule has 2 aromatic rings. The summed E-state index contributed by atoms with van der Waals surface area (Å²) in [5, 5.41) is 0. The monoisotopic (exact) mass is 339 g/mol. The van der Waals surface area contributed by atoms with Crippen LogP contribution < -0.4 is 4.90 Å². The van der Waals surface area contributed by atoms with Gasteiger partial charge in [-0.25, -0.2) is 0 Å². The maximum absolute atomic E-state index is 12.9. The van der Waals surface area contributed by atoms with E-state index in [2.05, 4.69) is 64.0 Å². The molecule has 1 unspecified atom stereocenters. The third-order valence-corrected chi connectivity index (χ3v) is 5.20.